The lowest BCUT2D eigenvalue weighted by atomic mass is 10.1. The molecule has 0 amide bonds. The molecule has 1 heterocycles. The number of nitrogens with zero attached hydrogens (tertiary/aromatic N) is 1. The zero-order valence-corrected chi connectivity index (χ0v) is 8.83. The van der Waals surface area contributed by atoms with Crippen molar-refractivity contribution in [2.24, 2.45) is 11.7 Å². The minimum atomic E-state index is 0.689. The van der Waals surface area contributed by atoms with E-state index < -0.39 is 0 Å². The molecular formula is C10H22N2O. The summed E-state index contributed by atoms with van der Waals surface area (Å²) in [5.74, 6) is 0.705. The summed E-state index contributed by atoms with van der Waals surface area (Å²) in [5.41, 5.74) is 5.66. The van der Waals surface area contributed by atoms with E-state index >= 15 is 0 Å². The normalized spacial score (nSPS) is 29.8. The molecule has 13 heavy (non-hydrogen) atoms. The van der Waals surface area contributed by atoms with Crippen LogP contribution < -0.4 is 5.73 Å². The number of hydrogen-bond donors (Lipinski definition) is 1. The first-order valence-corrected chi connectivity index (χ1v) is 5.29. The fourth-order valence-electron chi connectivity index (χ4n) is 2.03. The first-order valence-electron chi connectivity index (χ1n) is 5.29. The molecule has 2 unspecified atom stereocenters. The van der Waals surface area contributed by atoms with E-state index in [4.69, 9.17) is 10.5 Å². The lowest BCUT2D eigenvalue weighted by Crippen LogP contribution is -2.31. The Morgan fingerprint density at radius 1 is 1.54 bits per heavy atom. The standard InChI is InChI=1S/C10H22N2O/c1-3-13-5-4-12-8-10(7-11)6-9(12)2/h9-10H,3-8,11H2,1-2H3. The molecule has 1 saturated heterocycles. The maximum absolute atomic E-state index is 5.66. The Kier molecular flexibility index (Phi) is 4.70. The second-order valence-electron chi connectivity index (χ2n) is 3.88. The number of rotatable bonds is 5. The quantitative estimate of drug-likeness (QED) is 0.642. The smallest absolute Gasteiger partial charge is 0.0593 e. The molecule has 3 nitrogen and oxygen atoms in total. The molecule has 3 heteroatoms. The fraction of sp³-hybridized carbons (Fsp3) is 1.00. The summed E-state index contributed by atoms with van der Waals surface area (Å²) in [6.07, 6.45) is 1.25. The predicted octanol–water partition coefficient (Wildman–Crippen LogP) is 0.692. The Labute approximate surface area is 81.2 Å². The van der Waals surface area contributed by atoms with Crippen LogP contribution in [0.15, 0.2) is 0 Å². The van der Waals surface area contributed by atoms with E-state index in [0.29, 0.717) is 12.0 Å². The molecule has 0 spiro atoms. The monoisotopic (exact) mass is 186 g/mol. The Hall–Kier alpha value is -0.120. The van der Waals surface area contributed by atoms with Crippen molar-refractivity contribution >= 4 is 0 Å². The Morgan fingerprint density at radius 2 is 2.31 bits per heavy atom. The highest BCUT2D eigenvalue weighted by Gasteiger charge is 2.27. The molecule has 0 bridgehead atoms. The Bertz CT molecular complexity index is 141. The van der Waals surface area contributed by atoms with Gasteiger partial charge in [-0.15, -0.1) is 0 Å². The van der Waals surface area contributed by atoms with Gasteiger partial charge in [-0.1, -0.05) is 0 Å². The average Bonchev–Trinajstić information content (AvgIpc) is 2.48. The topological polar surface area (TPSA) is 38.5 Å². The van der Waals surface area contributed by atoms with Crippen molar-refractivity contribution in [3.05, 3.63) is 0 Å². The van der Waals surface area contributed by atoms with Gasteiger partial charge < -0.3 is 10.5 Å². The maximum atomic E-state index is 5.66. The molecule has 2 atom stereocenters. The van der Waals surface area contributed by atoms with Gasteiger partial charge in [0.15, 0.2) is 0 Å². The second-order valence-corrected chi connectivity index (χ2v) is 3.88. The Balaban J connectivity index is 2.18. The molecule has 0 aromatic rings. The molecule has 78 valence electrons. The average molecular weight is 186 g/mol. The third-order valence-corrected chi connectivity index (χ3v) is 2.85. The first-order chi connectivity index (χ1) is 6.27. The van der Waals surface area contributed by atoms with E-state index in [0.717, 1.165) is 32.8 Å². The zero-order chi connectivity index (χ0) is 9.68. The van der Waals surface area contributed by atoms with Gasteiger partial charge in [0.1, 0.15) is 0 Å². The molecule has 1 aliphatic heterocycles. The summed E-state index contributed by atoms with van der Waals surface area (Å²) in [6.45, 7) is 9.05. The summed E-state index contributed by atoms with van der Waals surface area (Å²) in [4.78, 5) is 2.48. The van der Waals surface area contributed by atoms with Crippen LogP contribution in [0.5, 0.6) is 0 Å². The van der Waals surface area contributed by atoms with Gasteiger partial charge in [0.05, 0.1) is 6.61 Å². The van der Waals surface area contributed by atoms with Gasteiger partial charge in [-0.25, -0.2) is 0 Å². The van der Waals surface area contributed by atoms with Crippen molar-refractivity contribution in [1.29, 1.82) is 0 Å². The summed E-state index contributed by atoms with van der Waals surface area (Å²) in [5, 5.41) is 0. The van der Waals surface area contributed by atoms with Gasteiger partial charge in [0, 0.05) is 25.7 Å². The zero-order valence-electron chi connectivity index (χ0n) is 8.83. The van der Waals surface area contributed by atoms with Crippen LogP contribution in [0.3, 0.4) is 0 Å². The molecule has 1 aliphatic rings. The second kappa shape index (κ2) is 5.58. The van der Waals surface area contributed by atoms with Gasteiger partial charge in [-0.3, -0.25) is 4.90 Å². The highest BCUT2D eigenvalue weighted by molar-refractivity contribution is 4.82. The molecule has 0 aromatic carbocycles. The SMILES string of the molecule is CCOCCN1CC(CN)CC1C. The van der Waals surface area contributed by atoms with Gasteiger partial charge in [0.25, 0.3) is 0 Å². The van der Waals surface area contributed by atoms with Crippen LogP contribution in [0.1, 0.15) is 20.3 Å². The van der Waals surface area contributed by atoms with Gasteiger partial charge in [0.2, 0.25) is 0 Å². The number of nitrogens with two attached hydrogens (primary N) is 1. The fourth-order valence-corrected chi connectivity index (χ4v) is 2.03. The van der Waals surface area contributed by atoms with Crippen LogP contribution in [0.4, 0.5) is 0 Å². The van der Waals surface area contributed by atoms with Crippen molar-refractivity contribution < 1.29 is 4.74 Å². The van der Waals surface area contributed by atoms with Gasteiger partial charge in [-0.2, -0.15) is 0 Å². The third kappa shape index (κ3) is 3.25. The molecule has 0 aliphatic carbocycles. The number of ether oxygens (including phenoxy) is 1. The van der Waals surface area contributed by atoms with E-state index in [1.807, 2.05) is 6.92 Å². The summed E-state index contributed by atoms with van der Waals surface area (Å²) in [6, 6.07) is 0.689. The lowest BCUT2D eigenvalue weighted by molar-refractivity contribution is 0.110. The van der Waals surface area contributed by atoms with Crippen LogP contribution in [-0.4, -0.2) is 43.8 Å². The van der Waals surface area contributed by atoms with E-state index in [9.17, 15) is 0 Å². The first kappa shape index (κ1) is 11.0. The molecule has 2 N–H and O–H groups in total. The van der Waals surface area contributed by atoms with Crippen molar-refractivity contribution in [2.75, 3.05) is 32.8 Å². The van der Waals surface area contributed by atoms with Crippen molar-refractivity contribution in [1.82, 2.24) is 4.90 Å². The Morgan fingerprint density at radius 3 is 2.85 bits per heavy atom. The summed E-state index contributed by atoms with van der Waals surface area (Å²) in [7, 11) is 0. The molecular weight excluding hydrogens is 164 g/mol. The van der Waals surface area contributed by atoms with Crippen LogP contribution in [-0.2, 0) is 4.74 Å². The van der Waals surface area contributed by atoms with Crippen molar-refractivity contribution in [3.63, 3.8) is 0 Å². The lowest BCUT2D eigenvalue weighted by Gasteiger charge is -2.20. The number of hydrogen-bond acceptors (Lipinski definition) is 3. The van der Waals surface area contributed by atoms with E-state index in [1.54, 1.807) is 0 Å². The largest absolute Gasteiger partial charge is 0.380 e. The molecule has 1 fully saturated rings. The third-order valence-electron chi connectivity index (χ3n) is 2.85. The highest BCUT2D eigenvalue weighted by Crippen LogP contribution is 2.21. The van der Waals surface area contributed by atoms with E-state index in [-0.39, 0.29) is 0 Å². The van der Waals surface area contributed by atoms with Crippen LogP contribution >= 0.6 is 0 Å². The van der Waals surface area contributed by atoms with Crippen molar-refractivity contribution in [2.45, 2.75) is 26.3 Å². The summed E-state index contributed by atoms with van der Waals surface area (Å²) < 4.78 is 5.34. The minimum Gasteiger partial charge on any atom is -0.380 e. The van der Waals surface area contributed by atoms with Gasteiger partial charge in [-0.05, 0) is 32.7 Å². The van der Waals surface area contributed by atoms with Gasteiger partial charge >= 0.3 is 0 Å². The summed E-state index contributed by atoms with van der Waals surface area (Å²) >= 11 is 0. The molecule has 0 aromatic heterocycles. The number of likely N-dealkylation sites (tertiary alicyclic amines) is 1. The molecule has 0 radical (unpaired) electrons. The maximum Gasteiger partial charge on any atom is 0.0593 e. The van der Waals surface area contributed by atoms with Crippen LogP contribution in [0, 0.1) is 5.92 Å². The van der Waals surface area contributed by atoms with Crippen LogP contribution in [0.25, 0.3) is 0 Å². The highest BCUT2D eigenvalue weighted by atomic mass is 16.5. The molecule has 0 saturated carbocycles. The predicted molar refractivity (Wildman–Crippen MR) is 54.7 cm³/mol. The van der Waals surface area contributed by atoms with E-state index in [1.165, 1.54) is 6.42 Å². The van der Waals surface area contributed by atoms with Crippen molar-refractivity contribution in [3.8, 4) is 0 Å². The minimum absolute atomic E-state index is 0.689. The molecule has 1 rings (SSSR count). The van der Waals surface area contributed by atoms with Crippen LogP contribution in [0.2, 0.25) is 0 Å². The van der Waals surface area contributed by atoms with E-state index in [2.05, 4.69) is 11.8 Å².